The number of allylic oxidation sites excluding steroid dienone is 1. The third-order valence-electron chi connectivity index (χ3n) is 5.15. The predicted octanol–water partition coefficient (Wildman–Crippen LogP) is 7.11. The van der Waals surface area contributed by atoms with E-state index in [1.807, 2.05) is 0 Å². The summed E-state index contributed by atoms with van der Waals surface area (Å²) in [6, 6.07) is 0. The third-order valence-corrected chi connectivity index (χ3v) is 21.7. The van der Waals surface area contributed by atoms with Gasteiger partial charge in [0.05, 0.1) is 0 Å². The SMILES string of the molecule is C/C=[C](\CC(OCC)OCC)[Sn]([CH2]CCC)([CH2]CCC)[CH2]CCC. The second-order valence-electron chi connectivity index (χ2n) is 6.95. The second-order valence-corrected chi connectivity index (χ2v) is 20.4. The summed E-state index contributed by atoms with van der Waals surface area (Å²) in [6.07, 6.45) is 11.7. The zero-order valence-electron chi connectivity index (χ0n) is 17.5. The summed E-state index contributed by atoms with van der Waals surface area (Å²) in [5.74, 6) is 0. The van der Waals surface area contributed by atoms with Gasteiger partial charge in [-0.15, -0.1) is 0 Å². The second kappa shape index (κ2) is 15.7. The van der Waals surface area contributed by atoms with Crippen molar-refractivity contribution < 1.29 is 9.47 Å². The van der Waals surface area contributed by atoms with Crippen LogP contribution in [-0.4, -0.2) is 37.9 Å². The zero-order valence-corrected chi connectivity index (χ0v) is 20.3. The van der Waals surface area contributed by atoms with Crippen molar-refractivity contribution in [2.75, 3.05) is 13.2 Å². The summed E-state index contributed by atoms with van der Waals surface area (Å²) in [6.45, 7) is 14.9. The molecular formula is C21H44O2Sn. The summed E-state index contributed by atoms with van der Waals surface area (Å²) in [5, 5.41) is 0. The Labute approximate surface area is 156 Å². The van der Waals surface area contributed by atoms with Crippen LogP contribution in [0.3, 0.4) is 0 Å². The normalized spacial score (nSPS) is 13.0. The molecule has 0 aliphatic rings. The van der Waals surface area contributed by atoms with E-state index in [-0.39, 0.29) is 6.29 Å². The first kappa shape index (κ1) is 24.5. The quantitative estimate of drug-likeness (QED) is 0.185. The number of hydrogen-bond acceptors (Lipinski definition) is 2. The van der Waals surface area contributed by atoms with E-state index in [0.29, 0.717) is 0 Å². The Kier molecular flexibility index (Phi) is 16.0. The molecule has 0 N–H and O–H groups in total. The fraction of sp³-hybridized carbons (Fsp3) is 0.905. The molecule has 0 aromatic carbocycles. The molecule has 24 heavy (non-hydrogen) atoms. The van der Waals surface area contributed by atoms with Crippen LogP contribution in [0.5, 0.6) is 0 Å². The van der Waals surface area contributed by atoms with Gasteiger partial charge in [0.15, 0.2) is 0 Å². The van der Waals surface area contributed by atoms with Crippen molar-refractivity contribution in [2.24, 2.45) is 0 Å². The van der Waals surface area contributed by atoms with Gasteiger partial charge in [-0.05, 0) is 0 Å². The topological polar surface area (TPSA) is 18.5 Å². The summed E-state index contributed by atoms with van der Waals surface area (Å²) >= 11 is -2.31. The van der Waals surface area contributed by atoms with Crippen LogP contribution in [0.4, 0.5) is 0 Å². The zero-order chi connectivity index (χ0) is 18.3. The van der Waals surface area contributed by atoms with Crippen molar-refractivity contribution in [2.45, 2.75) is 106 Å². The van der Waals surface area contributed by atoms with Gasteiger partial charge in [-0.3, -0.25) is 0 Å². The van der Waals surface area contributed by atoms with E-state index in [1.165, 1.54) is 51.8 Å². The number of rotatable bonds is 16. The molecule has 0 aliphatic carbocycles. The van der Waals surface area contributed by atoms with E-state index < -0.39 is 18.4 Å². The molecule has 0 radical (unpaired) electrons. The van der Waals surface area contributed by atoms with Crippen molar-refractivity contribution in [3.63, 3.8) is 0 Å². The molecule has 0 bridgehead atoms. The number of unbranched alkanes of at least 4 members (excludes halogenated alkanes) is 3. The van der Waals surface area contributed by atoms with Gasteiger partial charge < -0.3 is 0 Å². The molecule has 0 rings (SSSR count). The fourth-order valence-electron chi connectivity index (χ4n) is 3.76. The molecule has 0 atom stereocenters. The molecule has 0 aromatic rings. The average molecular weight is 447 g/mol. The fourth-order valence-corrected chi connectivity index (χ4v) is 20.9. The summed E-state index contributed by atoms with van der Waals surface area (Å²) in [7, 11) is 0. The van der Waals surface area contributed by atoms with Crippen LogP contribution in [0.2, 0.25) is 13.3 Å². The third kappa shape index (κ3) is 9.24. The standard InChI is InChI=1S/C9H17O2.3C4H9.Sn/c1-4-7-8-9(10-5-2)11-6-3;3*1-3-4-2;/h4,9H,5-6,8H2,1-3H3;3*1,3-4H2,2H3;. The van der Waals surface area contributed by atoms with E-state index in [4.69, 9.17) is 9.47 Å². The summed E-state index contributed by atoms with van der Waals surface area (Å²) in [4.78, 5) is 0. The van der Waals surface area contributed by atoms with Gasteiger partial charge in [0, 0.05) is 0 Å². The van der Waals surface area contributed by atoms with Crippen LogP contribution in [0, 0.1) is 0 Å². The van der Waals surface area contributed by atoms with Crippen LogP contribution in [0.25, 0.3) is 0 Å². The molecule has 0 amide bonds. The van der Waals surface area contributed by atoms with E-state index in [0.717, 1.165) is 19.6 Å². The molecule has 0 heterocycles. The predicted molar refractivity (Wildman–Crippen MR) is 110 cm³/mol. The Balaban J connectivity index is 5.38. The van der Waals surface area contributed by atoms with Crippen LogP contribution in [-0.2, 0) is 9.47 Å². The van der Waals surface area contributed by atoms with Gasteiger partial charge in [-0.1, -0.05) is 0 Å². The number of hydrogen-bond donors (Lipinski definition) is 0. The van der Waals surface area contributed by atoms with Crippen LogP contribution in [0.15, 0.2) is 9.67 Å². The van der Waals surface area contributed by atoms with Gasteiger partial charge >= 0.3 is 157 Å². The maximum absolute atomic E-state index is 5.89. The molecule has 0 unspecified atom stereocenters. The van der Waals surface area contributed by atoms with Crippen molar-refractivity contribution in [3.8, 4) is 0 Å². The van der Waals surface area contributed by atoms with Crippen LogP contribution in [0.1, 0.15) is 86.5 Å². The molecule has 2 nitrogen and oxygen atoms in total. The van der Waals surface area contributed by atoms with Gasteiger partial charge in [0.25, 0.3) is 0 Å². The Morgan fingerprint density at radius 1 is 0.792 bits per heavy atom. The molecule has 144 valence electrons. The monoisotopic (exact) mass is 448 g/mol. The molecule has 3 heteroatoms. The van der Waals surface area contributed by atoms with Crippen molar-refractivity contribution >= 4 is 18.4 Å². The van der Waals surface area contributed by atoms with Gasteiger partial charge in [0.1, 0.15) is 0 Å². The van der Waals surface area contributed by atoms with Crippen molar-refractivity contribution in [1.29, 1.82) is 0 Å². The maximum atomic E-state index is 5.89. The van der Waals surface area contributed by atoms with Crippen LogP contribution >= 0.6 is 0 Å². The minimum absolute atomic E-state index is 0.0350. The van der Waals surface area contributed by atoms with E-state index >= 15 is 0 Å². The first-order valence-electron chi connectivity index (χ1n) is 10.5. The van der Waals surface area contributed by atoms with E-state index in [1.54, 1.807) is 3.59 Å². The minimum atomic E-state index is -2.31. The Hall–Kier alpha value is 0.459. The molecule has 0 spiro atoms. The van der Waals surface area contributed by atoms with E-state index in [9.17, 15) is 0 Å². The molecule has 0 aliphatic heterocycles. The average Bonchev–Trinajstić information content (AvgIpc) is 2.60. The molecule has 0 fully saturated rings. The Morgan fingerprint density at radius 2 is 1.21 bits per heavy atom. The first-order chi connectivity index (χ1) is 11.6. The van der Waals surface area contributed by atoms with E-state index in [2.05, 4.69) is 47.6 Å². The van der Waals surface area contributed by atoms with Crippen molar-refractivity contribution in [3.05, 3.63) is 9.67 Å². The molecule has 0 saturated carbocycles. The molecular weight excluding hydrogens is 403 g/mol. The van der Waals surface area contributed by atoms with Gasteiger partial charge in [-0.2, -0.15) is 0 Å². The van der Waals surface area contributed by atoms with Crippen molar-refractivity contribution in [1.82, 2.24) is 0 Å². The Morgan fingerprint density at radius 3 is 1.50 bits per heavy atom. The number of ether oxygens (including phenoxy) is 2. The summed E-state index contributed by atoms with van der Waals surface area (Å²) in [5.41, 5.74) is 0. The van der Waals surface area contributed by atoms with Crippen LogP contribution < -0.4 is 0 Å². The molecule has 0 saturated heterocycles. The first-order valence-corrected chi connectivity index (χ1v) is 18.0. The van der Waals surface area contributed by atoms with Gasteiger partial charge in [0.2, 0.25) is 0 Å². The molecule has 0 aromatic heterocycles. The van der Waals surface area contributed by atoms with Gasteiger partial charge in [-0.25, -0.2) is 0 Å². The summed E-state index contributed by atoms with van der Waals surface area (Å²) < 4.78 is 18.1. The Bertz CT molecular complexity index is 287.